The number of nitrogens with zero attached hydrogens (tertiary/aromatic N) is 2. The zero-order chi connectivity index (χ0) is 28.4. The van der Waals surface area contributed by atoms with E-state index in [2.05, 4.69) is 17.4 Å². The average Bonchev–Trinajstić information content (AvgIpc) is 3.31. The van der Waals surface area contributed by atoms with E-state index in [-0.39, 0.29) is 24.9 Å². The van der Waals surface area contributed by atoms with Crippen molar-refractivity contribution in [2.24, 2.45) is 0 Å². The summed E-state index contributed by atoms with van der Waals surface area (Å²) >= 11 is 18.8. The van der Waals surface area contributed by atoms with Crippen LogP contribution in [0.1, 0.15) is 35.3 Å². The van der Waals surface area contributed by atoms with E-state index < -0.39 is 5.97 Å². The van der Waals surface area contributed by atoms with E-state index in [1.165, 1.54) is 0 Å². The fourth-order valence-corrected chi connectivity index (χ4v) is 5.25. The number of rotatable bonds is 8. The summed E-state index contributed by atoms with van der Waals surface area (Å²) in [5.41, 5.74) is 5.91. The third kappa shape index (κ3) is 5.99. The summed E-state index contributed by atoms with van der Waals surface area (Å²) in [5, 5.41) is 19.1. The summed E-state index contributed by atoms with van der Waals surface area (Å²) < 4.78 is 1.96. The lowest BCUT2D eigenvalue weighted by Crippen LogP contribution is -2.26. The monoisotopic (exact) mass is 591 g/mol. The van der Waals surface area contributed by atoms with Gasteiger partial charge in [-0.2, -0.15) is 5.10 Å². The van der Waals surface area contributed by atoms with Gasteiger partial charge in [0.2, 0.25) is 0 Å². The van der Waals surface area contributed by atoms with Crippen molar-refractivity contribution in [3.8, 4) is 22.4 Å². The summed E-state index contributed by atoms with van der Waals surface area (Å²) in [6.45, 7) is 2.11. The van der Waals surface area contributed by atoms with Crippen molar-refractivity contribution in [1.82, 2.24) is 15.1 Å². The molecule has 0 saturated carbocycles. The number of hydrogen-bond donors (Lipinski definition) is 2. The maximum absolute atomic E-state index is 12.4. The number of aliphatic carboxylic acids is 1. The van der Waals surface area contributed by atoms with Gasteiger partial charge in [-0.1, -0.05) is 65.1 Å². The minimum atomic E-state index is -0.963. The molecule has 6 nitrogen and oxygen atoms in total. The molecule has 0 aliphatic rings. The van der Waals surface area contributed by atoms with E-state index in [1.54, 1.807) is 18.2 Å². The molecule has 5 aromatic rings. The van der Waals surface area contributed by atoms with Crippen LogP contribution in [0.3, 0.4) is 0 Å². The molecule has 0 saturated heterocycles. The van der Waals surface area contributed by atoms with Crippen molar-refractivity contribution in [1.29, 1.82) is 0 Å². The Hall–Kier alpha value is -3.84. The van der Waals surface area contributed by atoms with Crippen molar-refractivity contribution in [3.05, 3.63) is 111 Å². The Morgan fingerprint density at radius 3 is 2.12 bits per heavy atom. The molecule has 1 aromatic heterocycles. The van der Waals surface area contributed by atoms with E-state index >= 15 is 0 Å². The molecule has 0 radical (unpaired) electrons. The molecule has 9 heteroatoms. The first kappa shape index (κ1) is 27.7. The number of carboxylic acids is 1. The third-order valence-electron chi connectivity index (χ3n) is 6.67. The van der Waals surface area contributed by atoms with Crippen molar-refractivity contribution in [3.63, 3.8) is 0 Å². The van der Waals surface area contributed by atoms with Crippen molar-refractivity contribution in [2.75, 3.05) is 6.54 Å². The second kappa shape index (κ2) is 11.7. The first-order chi connectivity index (χ1) is 19.2. The smallest absolute Gasteiger partial charge is 0.305 e. The largest absolute Gasteiger partial charge is 0.481 e. The predicted octanol–water partition coefficient (Wildman–Crippen LogP) is 8.14. The van der Waals surface area contributed by atoms with Gasteiger partial charge in [0.05, 0.1) is 18.0 Å². The van der Waals surface area contributed by atoms with Gasteiger partial charge in [0.25, 0.3) is 5.91 Å². The van der Waals surface area contributed by atoms with Crippen LogP contribution in [0.5, 0.6) is 0 Å². The number of nitrogens with one attached hydrogen (secondary N) is 1. The van der Waals surface area contributed by atoms with Crippen LogP contribution in [0, 0.1) is 0 Å². The Morgan fingerprint density at radius 1 is 0.825 bits per heavy atom. The topological polar surface area (TPSA) is 84.2 Å². The molecule has 0 spiro atoms. The van der Waals surface area contributed by atoms with Crippen LogP contribution < -0.4 is 5.32 Å². The summed E-state index contributed by atoms with van der Waals surface area (Å²) in [7, 11) is 0. The lowest BCUT2D eigenvalue weighted by atomic mass is 10.0. The third-order valence-corrected chi connectivity index (χ3v) is 7.36. The van der Waals surface area contributed by atoms with Crippen LogP contribution in [0.2, 0.25) is 15.1 Å². The summed E-state index contributed by atoms with van der Waals surface area (Å²) in [6.07, 6.45) is -0.134. The summed E-state index contributed by atoms with van der Waals surface area (Å²) in [5.74, 6) is -1.28. The molecule has 1 heterocycles. The maximum Gasteiger partial charge on any atom is 0.305 e. The first-order valence-electron chi connectivity index (χ1n) is 12.5. The molecule has 1 atom stereocenters. The van der Waals surface area contributed by atoms with Crippen LogP contribution in [0.4, 0.5) is 0 Å². The highest BCUT2D eigenvalue weighted by molar-refractivity contribution is 6.35. The van der Waals surface area contributed by atoms with Crippen molar-refractivity contribution < 1.29 is 14.7 Å². The number of amides is 1. The van der Waals surface area contributed by atoms with Gasteiger partial charge < -0.3 is 10.4 Å². The quantitative estimate of drug-likeness (QED) is 0.190. The number of hydrogen-bond acceptors (Lipinski definition) is 3. The Balaban J connectivity index is 1.55. The van der Waals surface area contributed by atoms with Gasteiger partial charge in [0, 0.05) is 38.1 Å². The molecule has 2 N–H and O–H groups in total. The van der Waals surface area contributed by atoms with E-state index in [0.717, 1.165) is 38.9 Å². The fraction of sp³-hybridized carbons (Fsp3) is 0.129. The number of carbonyl (C=O) groups is 2. The van der Waals surface area contributed by atoms with Gasteiger partial charge in [-0.15, -0.1) is 0 Å². The molecule has 0 bridgehead atoms. The number of aromatic nitrogens is 2. The zero-order valence-electron chi connectivity index (χ0n) is 21.4. The molecule has 202 valence electrons. The minimum Gasteiger partial charge on any atom is -0.481 e. The number of carboxylic acid groups (broad SMARTS) is 1. The highest BCUT2D eigenvalue weighted by Crippen LogP contribution is 2.36. The molecule has 0 aliphatic heterocycles. The Kier molecular flexibility index (Phi) is 8.12. The molecule has 0 fully saturated rings. The number of fused-ring (bicyclic) bond motifs is 1. The van der Waals surface area contributed by atoms with E-state index in [9.17, 15) is 9.59 Å². The van der Waals surface area contributed by atoms with Gasteiger partial charge in [-0.3, -0.25) is 14.3 Å². The van der Waals surface area contributed by atoms with Gasteiger partial charge in [0.15, 0.2) is 0 Å². The second-order valence-electron chi connectivity index (χ2n) is 9.39. The van der Waals surface area contributed by atoms with E-state index in [1.807, 2.05) is 66.2 Å². The maximum atomic E-state index is 12.4. The van der Waals surface area contributed by atoms with Crippen LogP contribution in [0.15, 0.2) is 84.9 Å². The van der Waals surface area contributed by atoms with Crippen LogP contribution in [0.25, 0.3) is 33.3 Å². The zero-order valence-corrected chi connectivity index (χ0v) is 23.6. The normalized spacial score (nSPS) is 11.9. The average molecular weight is 593 g/mol. The molecule has 5 rings (SSSR count). The summed E-state index contributed by atoms with van der Waals surface area (Å²) in [6, 6.07) is 26.3. The molecule has 0 aliphatic carbocycles. The molecule has 40 heavy (non-hydrogen) atoms. The van der Waals surface area contributed by atoms with Gasteiger partial charge >= 0.3 is 5.97 Å². The Labute approximate surface area is 246 Å². The molecule has 1 amide bonds. The lowest BCUT2D eigenvalue weighted by molar-refractivity contribution is -0.136. The standard InChI is InChI=1S/C31H24Cl3N3O3/c1-18(19-2-4-21(5-3-19)31(40)35-13-12-29(38)39)37-28-16-22(20-6-9-24(32)10-7-20)8-11-27(28)30(36-37)23-14-25(33)17-26(34)15-23/h2-11,14-18H,12-13H2,1H3,(H,35,40)(H,38,39)/t18-/m0/s1. The SMILES string of the molecule is C[C@@H](c1ccc(C(=O)NCCC(=O)O)cc1)n1nc(-c2cc(Cl)cc(Cl)c2)c2ccc(-c3ccc(Cl)cc3)cc21. The van der Waals surface area contributed by atoms with Gasteiger partial charge in [-0.25, -0.2) is 0 Å². The lowest BCUT2D eigenvalue weighted by Gasteiger charge is -2.15. The van der Waals surface area contributed by atoms with Crippen molar-refractivity contribution in [2.45, 2.75) is 19.4 Å². The number of carbonyl (C=O) groups excluding carboxylic acids is 1. The fourth-order valence-electron chi connectivity index (χ4n) is 4.60. The second-order valence-corrected chi connectivity index (χ2v) is 10.7. The highest BCUT2D eigenvalue weighted by Gasteiger charge is 2.19. The number of benzene rings is 4. The van der Waals surface area contributed by atoms with Gasteiger partial charge in [-0.05, 0) is 78.2 Å². The molecular formula is C31H24Cl3N3O3. The highest BCUT2D eigenvalue weighted by atomic mass is 35.5. The minimum absolute atomic E-state index is 0.0673. The first-order valence-corrected chi connectivity index (χ1v) is 13.7. The van der Waals surface area contributed by atoms with Crippen LogP contribution in [-0.2, 0) is 4.79 Å². The van der Waals surface area contributed by atoms with Gasteiger partial charge in [0.1, 0.15) is 5.69 Å². The van der Waals surface area contributed by atoms with Crippen LogP contribution >= 0.6 is 34.8 Å². The molecule has 0 unspecified atom stereocenters. The summed E-state index contributed by atoms with van der Waals surface area (Å²) in [4.78, 5) is 23.1. The molecule has 4 aromatic carbocycles. The van der Waals surface area contributed by atoms with E-state index in [4.69, 9.17) is 45.0 Å². The Bertz CT molecular complexity index is 1690. The van der Waals surface area contributed by atoms with Crippen LogP contribution in [-0.4, -0.2) is 33.3 Å². The van der Waals surface area contributed by atoms with Crippen molar-refractivity contribution >= 4 is 57.6 Å². The Morgan fingerprint density at radius 2 is 1.48 bits per heavy atom. The van der Waals surface area contributed by atoms with E-state index in [0.29, 0.717) is 20.6 Å². The number of halogens is 3. The predicted molar refractivity (Wildman–Crippen MR) is 160 cm³/mol. The molecular weight excluding hydrogens is 569 g/mol.